The molecule has 0 spiro atoms. The first-order chi connectivity index (χ1) is 11.8. The van der Waals surface area contributed by atoms with E-state index in [1.165, 1.54) is 0 Å². The molecule has 1 aromatic heterocycles. The topological polar surface area (TPSA) is 142 Å². The molecule has 25 heavy (non-hydrogen) atoms. The summed E-state index contributed by atoms with van der Waals surface area (Å²) in [6, 6.07) is 2.22. The normalized spacial score (nSPS) is 11.5. The monoisotopic (exact) mass is 428 g/mol. The Morgan fingerprint density at radius 1 is 1.52 bits per heavy atom. The molecule has 0 bridgehead atoms. The number of halogens is 1. The molecule has 0 aliphatic heterocycles. The number of nitrogens with zero attached hydrogens (tertiary/aromatic N) is 3. The van der Waals surface area contributed by atoms with E-state index in [9.17, 15) is 25.1 Å². The molecule has 0 saturated carbocycles. The molecular formula is C14H13BrN4O5S. The predicted molar refractivity (Wildman–Crippen MR) is 94.3 cm³/mol. The van der Waals surface area contributed by atoms with Crippen LogP contribution < -0.4 is 0 Å². The molecule has 0 aliphatic rings. The molecule has 0 saturated heterocycles. The zero-order chi connectivity index (χ0) is 18.6. The second kappa shape index (κ2) is 8.12. The van der Waals surface area contributed by atoms with Crippen LogP contribution in [-0.2, 0) is 11.2 Å². The van der Waals surface area contributed by atoms with Crippen LogP contribution >= 0.6 is 27.7 Å². The fourth-order valence-electron chi connectivity index (χ4n) is 1.87. The van der Waals surface area contributed by atoms with Crippen molar-refractivity contribution in [2.45, 2.75) is 24.9 Å². The Bertz CT molecular complexity index is 852. The highest BCUT2D eigenvalue weighted by Crippen LogP contribution is 2.36. The number of thioether (sulfide) groups is 1. The molecule has 9 nitrogen and oxygen atoms in total. The van der Waals surface area contributed by atoms with Crippen molar-refractivity contribution in [3.63, 3.8) is 0 Å². The molecule has 0 atom stereocenters. The number of nitro groups is 1. The summed E-state index contributed by atoms with van der Waals surface area (Å²) in [6.07, 6.45) is 2.67. The lowest BCUT2D eigenvalue weighted by Crippen LogP contribution is -1.98. The van der Waals surface area contributed by atoms with E-state index in [-0.39, 0.29) is 31.5 Å². The third kappa shape index (κ3) is 4.79. The number of nitrogens with one attached hydrogen (secondary N) is 1. The molecule has 1 heterocycles. The maximum Gasteiger partial charge on any atom is 0.342 e. The first-order valence-corrected chi connectivity index (χ1v) is 8.63. The number of non-ortho nitro benzene ring substituents is 1. The van der Waals surface area contributed by atoms with Gasteiger partial charge in [0.2, 0.25) is 5.16 Å². The van der Waals surface area contributed by atoms with Gasteiger partial charge in [-0.1, -0.05) is 6.92 Å². The number of carboxylic acids is 1. The van der Waals surface area contributed by atoms with Crippen molar-refractivity contribution in [3.8, 4) is 5.75 Å². The van der Waals surface area contributed by atoms with E-state index >= 15 is 0 Å². The van der Waals surface area contributed by atoms with Crippen molar-refractivity contribution in [2.75, 3.05) is 0 Å². The summed E-state index contributed by atoms with van der Waals surface area (Å²) in [4.78, 5) is 25.7. The largest absolute Gasteiger partial charge is 0.506 e. The highest BCUT2D eigenvalue weighted by molar-refractivity contribution is 9.10. The van der Waals surface area contributed by atoms with Crippen LogP contribution in [0.2, 0.25) is 0 Å². The Morgan fingerprint density at radius 2 is 2.24 bits per heavy atom. The van der Waals surface area contributed by atoms with Gasteiger partial charge < -0.3 is 10.2 Å². The summed E-state index contributed by atoms with van der Waals surface area (Å²) in [7, 11) is 0. The third-order valence-electron chi connectivity index (χ3n) is 2.99. The van der Waals surface area contributed by atoms with E-state index in [4.69, 9.17) is 0 Å². The van der Waals surface area contributed by atoms with E-state index in [0.29, 0.717) is 12.2 Å². The zero-order valence-corrected chi connectivity index (χ0v) is 15.3. The van der Waals surface area contributed by atoms with Gasteiger partial charge in [0.15, 0.2) is 0 Å². The lowest BCUT2D eigenvalue weighted by Gasteiger charge is -2.04. The van der Waals surface area contributed by atoms with Gasteiger partial charge in [-0.3, -0.25) is 15.2 Å². The molecule has 2 rings (SSSR count). The number of aromatic nitrogens is 3. The summed E-state index contributed by atoms with van der Waals surface area (Å²) < 4.78 is 0.0887. The lowest BCUT2D eigenvalue weighted by atomic mass is 10.1. The molecule has 2 aromatic rings. The van der Waals surface area contributed by atoms with Crippen LogP contribution in [0.15, 0.2) is 26.7 Å². The molecule has 3 N–H and O–H groups in total. The highest BCUT2D eigenvalue weighted by atomic mass is 79.9. The summed E-state index contributed by atoms with van der Waals surface area (Å²) in [6.45, 7) is 1.97. The van der Waals surface area contributed by atoms with Crippen LogP contribution in [0.25, 0.3) is 6.08 Å². The molecule has 1 aromatic carbocycles. The van der Waals surface area contributed by atoms with E-state index < -0.39 is 10.9 Å². The van der Waals surface area contributed by atoms with Crippen molar-refractivity contribution in [3.05, 3.63) is 43.0 Å². The van der Waals surface area contributed by atoms with Gasteiger partial charge in [0, 0.05) is 24.1 Å². The van der Waals surface area contributed by atoms with Gasteiger partial charge in [0.05, 0.1) is 9.40 Å². The number of nitro benzene ring substituents is 1. The van der Waals surface area contributed by atoms with Gasteiger partial charge in [0.25, 0.3) is 5.69 Å². The average Bonchev–Trinajstić information content (AvgIpc) is 2.98. The number of carboxylic acid groups (broad SMARTS) is 1. The van der Waals surface area contributed by atoms with E-state index in [2.05, 4.69) is 31.1 Å². The minimum absolute atomic E-state index is 0.00436. The Hall–Kier alpha value is -2.40. The van der Waals surface area contributed by atoms with Gasteiger partial charge in [-0.05, 0) is 40.2 Å². The number of hydrogen-bond acceptors (Lipinski definition) is 7. The van der Waals surface area contributed by atoms with Crippen LogP contribution in [0.5, 0.6) is 5.75 Å². The second-order valence-electron chi connectivity index (χ2n) is 4.85. The van der Waals surface area contributed by atoms with Crippen molar-refractivity contribution < 1.29 is 19.9 Å². The van der Waals surface area contributed by atoms with Crippen LogP contribution in [0.3, 0.4) is 0 Å². The third-order valence-corrected chi connectivity index (χ3v) is 4.47. The van der Waals surface area contributed by atoms with Gasteiger partial charge in [0.1, 0.15) is 16.5 Å². The number of phenols is 1. The zero-order valence-electron chi connectivity index (χ0n) is 12.9. The number of aromatic amines is 1. The number of H-pyrrole nitrogens is 1. The molecule has 0 radical (unpaired) electrons. The number of aryl methyl sites for hydroxylation is 1. The van der Waals surface area contributed by atoms with Crippen LogP contribution in [0, 0.1) is 10.1 Å². The summed E-state index contributed by atoms with van der Waals surface area (Å²) >= 11 is 3.79. The standard InChI is InChI=1S/C14H13BrN4O5S/c1-2-3-11-16-14(18-17-11)25-10(13(21)22)5-7-4-8(19(23)24)6-9(15)12(7)20/h4-6,20H,2-3H2,1H3,(H,21,22)(H,16,17,18)/b10-5-. The Balaban J connectivity index is 2.39. The first-order valence-electron chi connectivity index (χ1n) is 7.02. The molecular weight excluding hydrogens is 416 g/mol. The van der Waals surface area contributed by atoms with E-state index in [1.54, 1.807) is 0 Å². The SMILES string of the molecule is CCCc1nc(S/C(=C\c2cc([N+](=O)[O-])cc(Br)c2O)C(=O)O)n[nH]1. The minimum Gasteiger partial charge on any atom is -0.506 e. The number of hydrogen-bond donors (Lipinski definition) is 3. The maximum absolute atomic E-state index is 11.5. The Kier molecular flexibility index (Phi) is 6.15. The molecule has 0 fully saturated rings. The maximum atomic E-state index is 11.5. The number of rotatable bonds is 7. The fourth-order valence-corrected chi connectivity index (χ4v) is 3.05. The average molecular weight is 429 g/mol. The van der Waals surface area contributed by atoms with Gasteiger partial charge in [-0.2, -0.15) is 0 Å². The van der Waals surface area contributed by atoms with Gasteiger partial charge in [-0.25, -0.2) is 9.78 Å². The summed E-state index contributed by atoms with van der Waals surface area (Å²) in [5, 5.41) is 37.2. The summed E-state index contributed by atoms with van der Waals surface area (Å²) in [5.41, 5.74) is -0.288. The molecule has 132 valence electrons. The van der Waals surface area contributed by atoms with E-state index in [1.807, 2.05) is 6.92 Å². The van der Waals surface area contributed by atoms with Crippen molar-refractivity contribution >= 4 is 45.4 Å². The Morgan fingerprint density at radius 3 is 2.84 bits per heavy atom. The predicted octanol–water partition coefficient (Wildman–Crippen LogP) is 3.35. The number of aromatic hydroxyl groups is 1. The molecule has 11 heteroatoms. The van der Waals surface area contributed by atoms with Crippen molar-refractivity contribution in [1.82, 2.24) is 15.2 Å². The highest BCUT2D eigenvalue weighted by Gasteiger charge is 2.18. The van der Waals surface area contributed by atoms with Crippen molar-refractivity contribution in [1.29, 1.82) is 0 Å². The molecule has 0 aliphatic carbocycles. The number of aliphatic carboxylic acids is 1. The number of carbonyl (C=O) groups is 1. The smallest absolute Gasteiger partial charge is 0.342 e. The van der Waals surface area contributed by atoms with Crippen LogP contribution in [-0.4, -0.2) is 36.3 Å². The minimum atomic E-state index is -1.27. The quantitative estimate of drug-likeness (QED) is 0.263. The van der Waals surface area contributed by atoms with Crippen molar-refractivity contribution in [2.24, 2.45) is 0 Å². The lowest BCUT2D eigenvalue weighted by molar-refractivity contribution is -0.385. The first kappa shape index (κ1) is 18.9. The number of phenolic OH excluding ortho intramolecular Hbond substituents is 1. The Labute approximate surface area is 154 Å². The fraction of sp³-hybridized carbons (Fsp3) is 0.214. The number of benzene rings is 1. The molecule has 0 amide bonds. The van der Waals surface area contributed by atoms with E-state index in [0.717, 1.165) is 36.4 Å². The van der Waals surface area contributed by atoms with Gasteiger partial charge >= 0.3 is 5.97 Å². The second-order valence-corrected chi connectivity index (χ2v) is 6.72. The van der Waals surface area contributed by atoms with Crippen LogP contribution in [0.1, 0.15) is 24.7 Å². The molecule has 0 unspecified atom stereocenters. The van der Waals surface area contributed by atoms with Crippen LogP contribution in [0.4, 0.5) is 5.69 Å². The summed E-state index contributed by atoms with van der Waals surface area (Å²) in [5.74, 6) is -0.934. The van der Waals surface area contributed by atoms with Gasteiger partial charge in [-0.15, -0.1) is 5.10 Å².